The van der Waals surface area contributed by atoms with Crippen LogP contribution < -0.4 is 5.32 Å². The molecule has 3 atom stereocenters. The monoisotopic (exact) mass is 297 g/mol. The molecule has 1 N–H and O–H groups in total. The summed E-state index contributed by atoms with van der Waals surface area (Å²) in [6, 6.07) is 0. The Morgan fingerprint density at radius 2 is 1.86 bits per heavy atom. The second-order valence-corrected chi connectivity index (χ2v) is 8.52. The highest BCUT2D eigenvalue weighted by Crippen LogP contribution is 2.42. The third-order valence-electron chi connectivity index (χ3n) is 5.00. The third-order valence-corrected chi connectivity index (χ3v) is 5.00. The number of rotatable bonds is 8. The Morgan fingerprint density at radius 3 is 2.43 bits per heavy atom. The van der Waals surface area contributed by atoms with Crippen molar-refractivity contribution in [3.05, 3.63) is 0 Å². The predicted molar refractivity (Wildman–Crippen MR) is 92.6 cm³/mol. The number of hydrogen-bond acceptors (Lipinski definition) is 2. The summed E-state index contributed by atoms with van der Waals surface area (Å²) in [4.78, 5) is 0. The first-order valence-electron chi connectivity index (χ1n) is 9.13. The lowest BCUT2D eigenvalue weighted by atomic mass is 9.65. The summed E-state index contributed by atoms with van der Waals surface area (Å²) in [6.07, 6.45) is 5.24. The minimum atomic E-state index is 0.444. The van der Waals surface area contributed by atoms with E-state index in [1.807, 2.05) is 0 Å². The highest BCUT2D eigenvalue weighted by atomic mass is 16.5. The van der Waals surface area contributed by atoms with Gasteiger partial charge in [-0.15, -0.1) is 0 Å². The molecule has 0 heterocycles. The Balaban J connectivity index is 2.51. The van der Waals surface area contributed by atoms with E-state index in [1.54, 1.807) is 0 Å². The highest BCUT2D eigenvalue weighted by molar-refractivity contribution is 4.86. The van der Waals surface area contributed by atoms with Gasteiger partial charge in [0.25, 0.3) is 0 Å². The molecule has 3 unspecified atom stereocenters. The first kappa shape index (κ1) is 19.0. The van der Waals surface area contributed by atoms with Crippen LogP contribution >= 0.6 is 0 Å². The zero-order valence-corrected chi connectivity index (χ0v) is 15.4. The zero-order valence-electron chi connectivity index (χ0n) is 15.4. The van der Waals surface area contributed by atoms with E-state index in [2.05, 4.69) is 46.9 Å². The summed E-state index contributed by atoms with van der Waals surface area (Å²) in [6.45, 7) is 18.2. The van der Waals surface area contributed by atoms with E-state index in [0.29, 0.717) is 5.41 Å². The minimum absolute atomic E-state index is 0.444. The summed E-state index contributed by atoms with van der Waals surface area (Å²) in [5, 5.41) is 3.67. The lowest BCUT2D eigenvalue weighted by Gasteiger charge is -2.42. The van der Waals surface area contributed by atoms with E-state index in [4.69, 9.17) is 4.74 Å². The molecule has 0 aromatic carbocycles. The third kappa shape index (κ3) is 7.15. The van der Waals surface area contributed by atoms with Crippen LogP contribution in [0.2, 0.25) is 0 Å². The van der Waals surface area contributed by atoms with Gasteiger partial charge in [0.05, 0.1) is 0 Å². The molecule has 0 aromatic heterocycles. The molecule has 2 heteroatoms. The minimum Gasteiger partial charge on any atom is -0.381 e. The molecule has 1 saturated carbocycles. The fourth-order valence-corrected chi connectivity index (χ4v) is 3.52. The first-order valence-corrected chi connectivity index (χ1v) is 9.13. The molecule has 1 fully saturated rings. The second-order valence-electron chi connectivity index (χ2n) is 8.52. The van der Waals surface area contributed by atoms with Crippen molar-refractivity contribution in [3.63, 3.8) is 0 Å². The molecule has 0 amide bonds. The normalized spacial score (nSPS) is 27.3. The summed E-state index contributed by atoms with van der Waals surface area (Å²) >= 11 is 0. The Bertz CT molecular complexity index is 269. The van der Waals surface area contributed by atoms with Gasteiger partial charge in [0.15, 0.2) is 0 Å². The summed E-state index contributed by atoms with van der Waals surface area (Å²) in [5.41, 5.74) is 0.444. The van der Waals surface area contributed by atoms with E-state index < -0.39 is 0 Å². The van der Waals surface area contributed by atoms with E-state index in [1.165, 1.54) is 25.8 Å². The first-order chi connectivity index (χ1) is 9.84. The molecule has 1 rings (SSSR count). The van der Waals surface area contributed by atoms with Gasteiger partial charge in [-0.3, -0.25) is 0 Å². The average molecular weight is 298 g/mol. The van der Waals surface area contributed by atoms with E-state index in [0.717, 1.165) is 49.9 Å². The van der Waals surface area contributed by atoms with Crippen LogP contribution in [0.1, 0.15) is 67.2 Å². The fraction of sp³-hybridized carbons (Fsp3) is 1.00. The zero-order chi connectivity index (χ0) is 15.9. The molecule has 0 aliphatic heterocycles. The van der Waals surface area contributed by atoms with Gasteiger partial charge in [-0.2, -0.15) is 0 Å². The molecule has 0 saturated heterocycles. The van der Waals surface area contributed by atoms with Crippen molar-refractivity contribution in [1.29, 1.82) is 0 Å². The maximum Gasteiger partial charge on any atom is 0.0497 e. The fourth-order valence-electron chi connectivity index (χ4n) is 3.52. The van der Waals surface area contributed by atoms with E-state index in [9.17, 15) is 0 Å². The van der Waals surface area contributed by atoms with Crippen LogP contribution in [0, 0.1) is 29.1 Å². The van der Waals surface area contributed by atoms with Crippen LogP contribution in [0.15, 0.2) is 0 Å². The van der Waals surface area contributed by atoms with E-state index in [-0.39, 0.29) is 0 Å². The molecule has 1 aliphatic carbocycles. The van der Waals surface area contributed by atoms with Crippen LogP contribution in [-0.4, -0.2) is 26.3 Å². The van der Waals surface area contributed by atoms with Crippen LogP contribution in [-0.2, 0) is 4.74 Å². The van der Waals surface area contributed by atoms with Crippen LogP contribution in [0.4, 0.5) is 0 Å². The van der Waals surface area contributed by atoms with Crippen LogP contribution in [0.5, 0.6) is 0 Å². The average Bonchev–Trinajstić information content (AvgIpc) is 2.38. The Labute approximate surface area is 133 Å². The number of nitrogens with one attached hydrogen (secondary N) is 1. The maximum absolute atomic E-state index is 5.91. The van der Waals surface area contributed by atoms with Gasteiger partial charge < -0.3 is 10.1 Å². The van der Waals surface area contributed by atoms with Gasteiger partial charge in [-0.05, 0) is 67.9 Å². The topological polar surface area (TPSA) is 21.3 Å². The number of hydrogen-bond donors (Lipinski definition) is 1. The molecular weight excluding hydrogens is 258 g/mol. The smallest absolute Gasteiger partial charge is 0.0497 e. The van der Waals surface area contributed by atoms with Crippen molar-refractivity contribution < 1.29 is 4.74 Å². The van der Waals surface area contributed by atoms with E-state index >= 15 is 0 Å². The molecule has 126 valence electrons. The van der Waals surface area contributed by atoms with Crippen molar-refractivity contribution >= 4 is 0 Å². The van der Waals surface area contributed by atoms with Gasteiger partial charge >= 0.3 is 0 Å². The molecule has 0 bridgehead atoms. The van der Waals surface area contributed by atoms with Crippen molar-refractivity contribution in [2.75, 3.05) is 26.3 Å². The second kappa shape index (κ2) is 9.15. The SMILES string of the molecule is CCCOCC1CC(C(C)(C)C)CCC1CNCC(C)C. The van der Waals surface area contributed by atoms with Crippen molar-refractivity contribution in [2.24, 2.45) is 29.1 Å². The molecule has 2 nitrogen and oxygen atoms in total. The largest absolute Gasteiger partial charge is 0.381 e. The van der Waals surface area contributed by atoms with Crippen LogP contribution in [0.3, 0.4) is 0 Å². The number of ether oxygens (including phenoxy) is 1. The lowest BCUT2D eigenvalue weighted by Crippen LogP contribution is -2.39. The quantitative estimate of drug-likeness (QED) is 0.654. The molecule has 0 radical (unpaired) electrons. The van der Waals surface area contributed by atoms with Gasteiger partial charge in [0.2, 0.25) is 0 Å². The van der Waals surface area contributed by atoms with Gasteiger partial charge in [-0.1, -0.05) is 41.5 Å². The van der Waals surface area contributed by atoms with Gasteiger partial charge in [0, 0.05) is 13.2 Å². The van der Waals surface area contributed by atoms with Crippen molar-refractivity contribution in [1.82, 2.24) is 5.32 Å². The van der Waals surface area contributed by atoms with Crippen molar-refractivity contribution in [3.8, 4) is 0 Å². The highest BCUT2D eigenvalue weighted by Gasteiger charge is 2.35. The van der Waals surface area contributed by atoms with Crippen molar-refractivity contribution in [2.45, 2.75) is 67.2 Å². The van der Waals surface area contributed by atoms with Gasteiger partial charge in [-0.25, -0.2) is 0 Å². The molecule has 0 aromatic rings. The molecule has 1 aliphatic rings. The Hall–Kier alpha value is -0.0800. The molecule has 0 spiro atoms. The standard InChI is InChI=1S/C19H39NO/c1-7-10-21-14-17-11-18(19(4,5)6)9-8-16(17)13-20-12-15(2)3/h15-18,20H,7-14H2,1-6H3. The summed E-state index contributed by atoms with van der Waals surface area (Å²) in [7, 11) is 0. The lowest BCUT2D eigenvalue weighted by molar-refractivity contribution is 0.0228. The summed E-state index contributed by atoms with van der Waals surface area (Å²) in [5.74, 6) is 3.15. The Morgan fingerprint density at radius 1 is 1.14 bits per heavy atom. The maximum atomic E-state index is 5.91. The Kier molecular flexibility index (Phi) is 8.26. The van der Waals surface area contributed by atoms with Crippen LogP contribution in [0.25, 0.3) is 0 Å². The summed E-state index contributed by atoms with van der Waals surface area (Å²) < 4.78 is 5.91. The molecular formula is C19H39NO. The predicted octanol–water partition coefficient (Wildman–Crippen LogP) is 4.74. The van der Waals surface area contributed by atoms with Gasteiger partial charge in [0.1, 0.15) is 0 Å². The molecule has 21 heavy (non-hydrogen) atoms.